The maximum Gasteiger partial charge on any atom is 0.191 e. The van der Waals surface area contributed by atoms with Gasteiger partial charge in [-0.2, -0.15) is 0 Å². The topological polar surface area (TPSA) is 44.9 Å². The predicted octanol–water partition coefficient (Wildman–Crippen LogP) is 0.736. The molecule has 0 saturated carbocycles. The summed E-state index contributed by atoms with van der Waals surface area (Å²) in [6.45, 7) is 11.4. The second-order valence-electron chi connectivity index (χ2n) is 5.42. The molecule has 1 saturated heterocycles. The zero-order valence-electron chi connectivity index (χ0n) is 10.6. The van der Waals surface area contributed by atoms with Crippen LogP contribution >= 0.6 is 0 Å². The fourth-order valence-electron chi connectivity index (χ4n) is 1.67. The summed E-state index contributed by atoms with van der Waals surface area (Å²) < 4.78 is 0. The number of guanidine groups is 1. The number of nitrogens with two attached hydrogens (primary N) is 1. The van der Waals surface area contributed by atoms with E-state index in [1.807, 2.05) is 0 Å². The first kappa shape index (κ1) is 12.3. The van der Waals surface area contributed by atoms with E-state index in [2.05, 4.69) is 49.5 Å². The Hall–Kier alpha value is -0.770. The smallest absolute Gasteiger partial charge is 0.191 e. The zero-order valence-corrected chi connectivity index (χ0v) is 10.6. The van der Waals surface area contributed by atoms with Crippen molar-refractivity contribution >= 4 is 5.96 Å². The summed E-state index contributed by atoms with van der Waals surface area (Å²) in [7, 11) is 2.15. The minimum absolute atomic E-state index is 0.0866. The Bertz CT molecular complexity index is 241. The summed E-state index contributed by atoms with van der Waals surface area (Å²) >= 11 is 0. The molecule has 0 bridgehead atoms. The highest BCUT2D eigenvalue weighted by Gasteiger charge is 2.22. The first-order valence-electron chi connectivity index (χ1n) is 5.60. The van der Waals surface area contributed by atoms with Gasteiger partial charge in [0, 0.05) is 25.7 Å². The van der Waals surface area contributed by atoms with Crippen molar-refractivity contribution in [3.8, 4) is 0 Å². The number of rotatable bonds is 0. The molecule has 0 aliphatic carbocycles. The van der Waals surface area contributed by atoms with E-state index in [9.17, 15) is 0 Å². The molecular formula is C11H24N4. The molecule has 2 N–H and O–H groups in total. The normalized spacial score (nSPS) is 25.8. The molecule has 1 heterocycles. The Labute approximate surface area is 93.1 Å². The van der Waals surface area contributed by atoms with E-state index in [4.69, 9.17) is 5.73 Å². The van der Waals surface area contributed by atoms with Gasteiger partial charge in [0.1, 0.15) is 0 Å². The van der Waals surface area contributed by atoms with Crippen molar-refractivity contribution in [3.63, 3.8) is 0 Å². The third-order valence-electron chi connectivity index (χ3n) is 2.73. The Morgan fingerprint density at radius 2 is 1.93 bits per heavy atom. The first-order valence-corrected chi connectivity index (χ1v) is 5.60. The third kappa shape index (κ3) is 3.70. The Morgan fingerprint density at radius 1 is 1.33 bits per heavy atom. The molecule has 1 atom stereocenters. The van der Waals surface area contributed by atoms with E-state index < -0.39 is 0 Å². The van der Waals surface area contributed by atoms with Crippen molar-refractivity contribution in [2.75, 3.05) is 26.7 Å². The standard InChI is InChI=1S/C11H24N4/c1-9-8-15(7-6-14(9)5)10(12)13-11(2,3)4/h9H,6-8H2,1-5H3,(H2,12,13). The van der Waals surface area contributed by atoms with Crippen molar-refractivity contribution in [2.45, 2.75) is 39.3 Å². The van der Waals surface area contributed by atoms with Gasteiger partial charge >= 0.3 is 0 Å². The number of hydrogen-bond acceptors (Lipinski definition) is 2. The summed E-state index contributed by atoms with van der Waals surface area (Å²) in [5.41, 5.74) is 5.91. The Morgan fingerprint density at radius 3 is 2.40 bits per heavy atom. The lowest BCUT2D eigenvalue weighted by Gasteiger charge is -2.38. The molecule has 0 amide bonds. The highest BCUT2D eigenvalue weighted by molar-refractivity contribution is 5.78. The number of nitrogens with zero attached hydrogens (tertiary/aromatic N) is 3. The van der Waals surface area contributed by atoms with Crippen LogP contribution in [0.4, 0.5) is 0 Å². The molecule has 0 aromatic rings. The van der Waals surface area contributed by atoms with E-state index >= 15 is 0 Å². The van der Waals surface area contributed by atoms with Crippen molar-refractivity contribution in [2.24, 2.45) is 10.7 Å². The molecular weight excluding hydrogens is 188 g/mol. The number of likely N-dealkylation sites (N-methyl/N-ethyl adjacent to an activating group) is 1. The SMILES string of the molecule is CC1CN(C(N)=NC(C)(C)C)CCN1C. The average Bonchev–Trinajstić information content (AvgIpc) is 2.06. The maximum absolute atomic E-state index is 6.00. The number of hydrogen-bond donors (Lipinski definition) is 1. The molecule has 1 rings (SSSR count). The first-order chi connectivity index (χ1) is 6.79. The van der Waals surface area contributed by atoms with Crippen LogP contribution in [0.5, 0.6) is 0 Å². The second kappa shape index (κ2) is 4.39. The quantitative estimate of drug-likeness (QED) is 0.476. The van der Waals surface area contributed by atoms with Crippen molar-refractivity contribution in [1.29, 1.82) is 0 Å². The molecule has 1 unspecified atom stereocenters. The van der Waals surface area contributed by atoms with Gasteiger partial charge in [0.25, 0.3) is 0 Å². The van der Waals surface area contributed by atoms with Crippen LogP contribution in [0.1, 0.15) is 27.7 Å². The lowest BCUT2D eigenvalue weighted by molar-refractivity contribution is 0.151. The third-order valence-corrected chi connectivity index (χ3v) is 2.73. The zero-order chi connectivity index (χ0) is 11.6. The second-order valence-corrected chi connectivity index (χ2v) is 5.42. The van der Waals surface area contributed by atoms with Crippen molar-refractivity contribution < 1.29 is 0 Å². The summed E-state index contributed by atoms with van der Waals surface area (Å²) in [6.07, 6.45) is 0. The lowest BCUT2D eigenvalue weighted by atomic mass is 10.1. The average molecular weight is 212 g/mol. The van der Waals surface area contributed by atoms with E-state index in [1.54, 1.807) is 0 Å². The molecule has 0 spiro atoms. The van der Waals surface area contributed by atoms with Crippen LogP contribution in [0.15, 0.2) is 4.99 Å². The highest BCUT2D eigenvalue weighted by atomic mass is 15.3. The molecule has 0 aromatic heterocycles. The molecule has 4 nitrogen and oxygen atoms in total. The van der Waals surface area contributed by atoms with Gasteiger partial charge in [-0.25, -0.2) is 4.99 Å². The summed E-state index contributed by atoms with van der Waals surface area (Å²) in [5, 5.41) is 0. The van der Waals surface area contributed by atoms with Crippen LogP contribution in [0.2, 0.25) is 0 Å². The summed E-state index contributed by atoms with van der Waals surface area (Å²) in [6, 6.07) is 0.549. The summed E-state index contributed by atoms with van der Waals surface area (Å²) in [4.78, 5) is 9.02. The molecule has 15 heavy (non-hydrogen) atoms. The molecule has 1 aliphatic rings. The van der Waals surface area contributed by atoms with Crippen LogP contribution in [-0.4, -0.2) is 54.0 Å². The fourth-order valence-corrected chi connectivity index (χ4v) is 1.67. The van der Waals surface area contributed by atoms with Gasteiger partial charge in [0.05, 0.1) is 5.54 Å². The molecule has 1 aliphatic heterocycles. The maximum atomic E-state index is 6.00. The van der Waals surface area contributed by atoms with Gasteiger partial charge in [0.15, 0.2) is 5.96 Å². The van der Waals surface area contributed by atoms with Crippen LogP contribution in [-0.2, 0) is 0 Å². The number of aliphatic imine (C=N–C) groups is 1. The van der Waals surface area contributed by atoms with Crippen LogP contribution < -0.4 is 5.73 Å². The fraction of sp³-hybridized carbons (Fsp3) is 0.909. The van der Waals surface area contributed by atoms with Crippen LogP contribution in [0, 0.1) is 0 Å². The molecule has 0 aromatic carbocycles. The monoisotopic (exact) mass is 212 g/mol. The molecule has 4 heteroatoms. The van der Waals surface area contributed by atoms with Crippen molar-refractivity contribution in [3.05, 3.63) is 0 Å². The minimum atomic E-state index is -0.0866. The number of piperazine rings is 1. The van der Waals surface area contributed by atoms with Crippen LogP contribution in [0.25, 0.3) is 0 Å². The molecule has 1 fully saturated rings. The van der Waals surface area contributed by atoms with E-state index in [-0.39, 0.29) is 5.54 Å². The van der Waals surface area contributed by atoms with E-state index in [1.165, 1.54) is 0 Å². The van der Waals surface area contributed by atoms with Crippen molar-refractivity contribution in [1.82, 2.24) is 9.80 Å². The van der Waals surface area contributed by atoms with Gasteiger partial charge < -0.3 is 15.5 Å². The van der Waals surface area contributed by atoms with E-state index in [0.29, 0.717) is 12.0 Å². The minimum Gasteiger partial charge on any atom is -0.370 e. The van der Waals surface area contributed by atoms with Gasteiger partial charge in [-0.1, -0.05) is 0 Å². The van der Waals surface area contributed by atoms with Gasteiger partial charge in [0.2, 0.25) is 0 Å². The van der Waals surface area contributed by atoms with Crippen LogP contribution in [0.3, 0.4) is 0 Å². The molecule has 0 radical (unpaired) electrons. The highest BCUT2D eigenvalue weighted by Crippen LogP contribution is 2.10. The Kier molecular flexibility index (Phi) is 3.60. The predicted molar refractivity (Wildman–Crippen MR) is 65.0 cm³/mol. The van der Waals surface area contributed by atoms with Gasteiger partial charge in [-0.05, 0) is 34.7 Å². The van der Waals surface area contributed by atoms with E-state index in [0.717, 1.165) is 19.6 Å². The Balaban J connectivity index is 2.62. The summed E-state index contributed by atoms with van der Waals surface area (Å²) in [5.74, 6) is 0.683. The van der Waals surface area contributed by atoms with Gasteiger partial charge in [-0.3, -0.25) is 0 Å². The molecule has 88 valence electrons. The van der Waals surface area contributed by atoms with Gasteiger partial charge in [-0.15, -0.1) is 0 Å². The largest absolute Gasteiger partial charge is 0.370 e. The lowest BCUT2D eigenvalue weighted by Crippen LogP contribution is -2.54.